The first-order valence-corrected chi connectivity index (χ1v) is 20.4. The largest absolute Gasteiger partial charge is 0.465 e. The zero-order valence-corrected chi connectivity index (χ0v) is 34.7. The van der Waals surface area contributed by atoms with Crippen molar-refractivity contribution < 1.29 is 53.6 Å². The maximum absolute atomic E-state index is 15.1. The van der Waals surface area contributed by atoms with E-state index in [0.717, 1.165) is 23.3 Å². The van der Waals surface area contributed by atoms with E-state index < -0.39 is 99.9 Å². The summed E-state index contributed by atoms with van der Waals surface area (Å²) in [5.74, 6) is -6.53. The lowest BCUT2D eigenvalue weighted by atomic mass is 9.57. The molecule has 9 rings (SSSR count). The normalized spacial score (nSPS) is 30.0. The van der Waals surface area contributed by atoms with Crippen LogP contribution in [0.2, 0.25) is 0 Å². The van der Waals surface area contributed by atoms with Gasteiger partial charge in [-0.2, -0.15) is 0 Å². The Morgan fingerprint density at radius 1 is 0.629 bits per heavy atom. The third kappa shape index (κ3) is 6.58. The zero-order chi connectivity index (χ0) is 45.3. The minimum absolute atomic E-state index is 0.0516. The summed E-state index contributed by atoms with van der Waals surface area (Å²) in [6, 6.07) is 18.4. The van der Waals surface area contributed by atoms with Gasteiger partial charge in [0.2, 0.25) is 11.8 Å². The summed E-state index contributed by atoms with van der Waals surface area (Å²) in [4.78, 5) is 86.9. The van der Waals surface area contributed by atoms with Gasteiger partial charge in [0.25, 0.3) is 11.8 Å². The van der Waals surface area contributed by atoms with E-state index in [4.69, 9.17) is 11.5 Å². The van der Waals surface area contributed by atoms with Gasteiger partial charge in [-0.15, -0.1) is 0 Å². The highest BCUT2D eigenvalue weighted by Crippen LogP contribution is 2.57. The van der Waals surface area contributed by atoms with Crippen LogP contribution < -0.4 is 27.0 Å². The Hall–Kier alpha value is -5.95. The van der Waals surface area contributed by atoms with Gasteiger partial charge in [-0.25, -0.2) is 14.0 Å². The minimum Gasteiger partial charge on any atom is -0.465 e. The molecule has 3 aromatic carbocycles. The number of hydrogen-bond acceptors (Lipinski definition) is 11. The summed E-state index contributed by atoms with van der Waals surface area (Å²) in [7, 11) is 0. The molecule has 330 valence electrons. The lowest BCUT2D eigenvalue weighted by Crippen LogP contribution is -2.75. The fourth-order valence-electron chi connectivity index (χ4n) is 11.5. The molecule has 4 aliphatic carbocycles. The Morgan fingerprint density at radius 3 is 1.31 bits per heavy atom. The number of rotatable bonds is 9. The zero-order valence-electron chi connectivity index (χ0n) is 34.7. The van der Waals surface area contributed by atoms with Crippen molar-refractivity contribution in [3.63, 3.8) is 0 Å². The monoisotopic (exact) mass is 857 g/mol. The third-order valence-electron chi connectivity index (χ3n) is 14.2. The second-order valence-corrected chi connectivity index (χ2v) is 17.9. The van der Waals surface area contributed by atoms with Crippen molar-refractivity contribution in [2.24, 2.45) is 34.1 Å². The van der Waals surface area contributed by atoms with Crippen molar-refractivity contribution in [1.29, 1.82) is 0 Å². The molecule has 62 heavy (non-hydrogen) atoms. The van der Waals surface area contributed by atoms with Gasteiger partial charge in [-0.3, -0.25) is 39.6 Å². The molecular weight excluding hydrogens is 806 g/mol. The van der Waals surface area contributed by atoms with Crippen LogP contribution in [0.25, 0.3) is 0 Å². The molecule has 17 nitrogen and oxygen atoms in total. The number of imide groups is 2. The number of carbonyl (C=O) groups is 6. The summed E-state index contributed by atoms with van der Waals surface area (Å²) in [5, 5.41) is 49.2. The first-order valence-electron chi connectivity index (χ1n) is 20.4. The van der Waals surface area contributed by atoms with E-state index in [2.05, 4.69) is 0 Å². The van der Waals surface area contributed by atoms with Crippen LogP contribution in [0, 0.1) is 28.5 Å². The Labute approximate surface area is 356 Å². The molecule has 3 aromatic rings. The van der Waals surface area contributed by atoms with Crippen molar-refractivity contribution in [1.82, 2.24) is 20.4 Å². The first kappa shape index (κ1) is 44.1. The van der Waals surface area contributed by atoms with Gasteiger partial charge in [0, 0.05) is 41.4 Å². The summed E-state index contributed by atoms with van der Waals surface area (Å²) in [6.07, 6.45) is -9.11. The van der Waals surface area contributed by atoms with Crippen molar-refractivity contribution in [2.75, 3.05) is 18.0 Å². The van der Waals surface area contributed by atoms with Crippen LogP contribution in [0.3, 0.4) is 0 Å². The number of aliphatic hydroxyl groups excluding tert-OH is 2. The summed E-state index contributed by atoms with van der Waals surface area (Å²) >= 11 is 0. The standard InChI is InChI=1S/C44H52FN7O10/c1-41(2)29(33(46)55)21-23-5-9-25(10-6-23)43(41,37(57)48-39(59)60)50-19-17-31(53)35(50)52(28-15-13-27(45)14-16-28)36-32(54)18-20-51(36)44(38(58)49-40(61)62)26-11-7-24(8-12-26)22-30(34(47)56)42(44,3)4/h5-16,29-32,35-36,53-54H,17-22H2,1-4H3,(H2,46,55)(H2,47,56)(H,48,57)(H,49,58)(H,59,60)(H,61,62)/t29?,30?,31-,32-,35-,36-,43-,44-/m0/s1. The molecule has 0 radical (unpaired) electrons. The Bertz CT molecular complexity index is 2150. The second kappa shape index (κ2) is 15.7. The number of hydrogen-bond donors (Lipinski definition) is 8. The van der Waals surface area contributed by atoms with E-state index in [1.54, 1.807) is 86.0 Å². The van der Waals surface area contributed by atoms with Crippen LogP contribution in [0.4, 0.5) is 19.7 Å². The summed E-state index contributed by atoms with van der Waals surface area (Å²) in [6.45, 7) is 6.26. The highest BCUT2D eigenvalue weighted by atomic mass is 19.1. The number of amides is 6. The van der Waals surface area contributed by atoms with Gasteiger partial charge in [0.15, 0.2) is 0 Å². The predicted octanol–water partition coefficient (Wildman–Crippen LogP) is 2.16. The molecule has 18 heteroatoms. The van der Waals surface area contributed by atoms with Gasteiger partial charge in [-0.1, -0.05) is 76.2 Å². The van der Waals surface area contributed by atoms with Crippen molar-refractivity contribution in [3.05, 3.63) is 101 Å². The molecule has 2 fully saturated rings. The number of carbonyl (C=O) groups excluding carboxylic acids is 4. The Balaban J connectivity index is 1.55. The topological polar surface area (TPSA) is 269 Å². The number of nitrogens with one attached hydrogen (secondary N) is 2. The predicted molar refractivity (Wildman–Crippen MR) is 220 cm³/mol. The lowest BCUT2D eigenvalue weighted by Gasteiger charge is -2.60. The molecule has 0 saturated carbocycles. The van der Waals surface area contributed by atoms with E-state index in [1.807, 2.05) is 10.6 Å². The number of nitrogens with zero attached hydrogens (tertiary/aromatic N) is 3. The maximum Gasteiger partial charge on any atom is 0.411 e. The fraction of sp³-hybridized carbons (Fsp3) is 0.455. The van der Waals surface area contributed by atoms with Crippen molar-refractivity contribution >= 4 is 41.5 Å². The molecule has 2 unspecified atom stereocenters. The number of anilines is 1. The lowest BCUT2D eigenvalue weighted by molar-refractivity contribution is -0.158. The summed E-state index contributed by atoms with van der Waals surface area (Å²) in [5.41, 5.74) is 6.96. The first-order chi connectivity index (χ1) is 29.1. The van der Waals surface area contributed by atoms with Crippen LogP contribution >= 0.6 is 0 Å². The molecule has 6 amide bonds. The van der Waals surface area contributed by atoms with Crippen LogP contribution in [0.1, 0.15) is 62.8 Å². The van der Waals surface area contributed by atoms with E-state index >= 15 is 9.59 Å². The SMILES string of the molecule is CC1(C)C(C(N)=O)Cc2ccc(cc2)[C@@]1(C(=O)NC(=O)O)N1CC[C@H](O)[C@@H]1N(c1ccc(F)cc1)[C@H]1[C@@H](O)CCN1[C@]1(C(=O)NC(=O)O)c2ccc(cc2)CC(C(N)=O)C1(C)C. The number of aliphatic hydroxyl groups is 2. The molecule has 0 spiro atoms. The molecule has 4 bridgehead atoms. The number of likely N-dealkylation sites (tertiary alicyclic amines) is 2. The molecule has 6 aliphatic rings. The van der Waals surface area contributed by atoms with Gasteiger partial charge in [-0.05, 0) is 72.2 Å². The Kier molecular flexibility index (Phi) is 11.2. The van der Waals surface area contributed by atoms with Gasteiger partial charge < -0.3 is 36.8 Å². The molecule has 2 heterocycles. The molecule has 8 atom stereocenters. The number of carboxylic acid groups (broad SMARTS) is 2. The average molecular weight is 858 g/mol. The quantitative estimate of drug-likeness (QED) is 0.154. The highest BCUT2D eigenvalue weighted by molar-refractivity contribution is 6.00. The molecular formula is C44H52FN7O10. The molecule has 0 aromatic heterocycles. The number of halogens is 1. The van der Waals surface area contributed by atoms with E-state index in [-0.39, 0.29) is 55.6 Å². The van der Waals surface area contributed by atoms with Gasteiger partial charge >= 0.3 is 12.2 Å². The Morgan fingerprint density at radius 2 is 0.984 bits per heavy atom. The minimum atomic E-state index is -2.14. The fourth-order valence-corrected chi connectivity index (χ4v) is 11.5. The van der Waals surface area contributed by atoms with Crippen LogP contribution in [0.5, 0.6) is 0 Å². The van der Waals surface area contributed by atoms with E-state index in [1.165, 1.54) is 17.0 Å². The maximum atomic E-state index is 15.1. The average Bonchev–Trinajstić information content (AvgIpc) is 3.75. The van der Waals surface area contributed by atoms with Gasteiger partial charge in [0.05, 0.1) is 12.2 Å². The van der Waals surface area contributed by atoms with E-state index in [0.29, 0.717) is 0 Å². The van der Waals surface area contributed by atoms with Crippen LogP contribution in [0.15, 0.2) is 72.8 Å². The molecule has 10 N–H and O–H groups in total. The van der Waals surface area contributed by atoms with Crippen LogP contribution in [-0.4, -0.2) is 104 Å². The van der Waals surface area contributed by atoms with Crippen molar-refractivity contribution in [3.8, 4) is 0 Å². The molecule has 2 saturated heterocycles. The number of nitrogens with two attached hydrogens (primary N) is 2. The van der Waals surface area contributed by atoms with Crippen molar-refractivity contribution in [2.45, 2.75) is 89.0 Å². The molecule has 2 aliphatic heterocycles. The number of benzene rings is 3. The highest BCUT2D eigenvalue weighted by Gasteiger charge is 2.68. The van der Waals surface area contributed by atoms with E-state index in [9.17, 15) is 44.0 Å². The summed E-state index contributed by atoms with van der Waals surface area (Å²) < 4.78 is 14.9. The smallest absolute Gasteiger partial charge is 0.411 e. The van der Waals surface area contributed by atoms with Gasteiger partial charge in [0.1, 0.15) is 29.2 Å². The number of fused-ring (bicyclic) bond motifs is 10. The second-order valence-electron chi connectivity index (χ2n) is 17.9. The van der Waals surface area contributed by atoms with Crippen LogP contribution in [-0.2, 0) is 43.1 Å². The third-order valence-corrected chi connectivity index (χ3v) is 14.2. The number of primary amides is 2.